The molecule has 0 radical (unpaired) electrons. The Balaban J connectivity index is 2.23. The summed E-state index contributed by atoms with van der Waals surface area (Å²) >= 11 is 3.54. The highest BCUT2D eigenvalue weighted by atomic mass is 79.9. The molecule has 5 heteroatoms. The maximum absolute atomic E-state index is 11.8. The lowest BCUT2D eigenvalue weighted by molar-refractivity contribution is -0.119. The van der Waals surface area contributed by atoms with Gasteiger partial charge in [0, 0.05) is 35.3 Å². The van der Waals surface area contributed by atoms with Crippen LogP contribution in [0.1, 0.15) is 32.8 Å². The maximum Gasteiger partial charge on any atom is 0.239 e. The molecule has 0 atom stereocenters. The van der Waals surface area contributed by atoms with Crippen LogP contribution in [-0.4, -0.2) is 31.1 Å². The van der Waals surface area contributed by atoms with Crippen molar-refractivity contribution in [3.05, 3.63) is 28.2 Å². The number of hydrogen-bond donors (Lipinski definition) is 2. The third kappa shape index (κ3) is 5.00. The third-order valence-electron chi connectivity index (χ3n) is 3.45. The number of carbonyl (C=O) groups is 1. The molecule has 4 nitrogen and oxygen atoms in total. The topological polar surface area (TPSA) is 44.4 Å². The van der Waals surface area contributed by atoms with Gasteiger partial charge in [-0.1, -0.05) is 15.9 Å². The lowest BCUT2D eigenvalue weighted by Crippen LogP contribution is -2.37. The smallest absolute Gasteiger partial charge is 0.239 e. The van der Waals surface area contributed by atoms with Crippen LogP contribution in [0.5, 0.6) is 0 Å². The largest absolute Gasteiger partial charge is 0.362 e. The molecule has 116 valence electrons. The molecule has 21 heavy (non-hydrogen) atoms. The fourth-order valence-corrected chi connectivity index (χ4v) is 2.78. The molecular weight excluding hydrogens is 330 g/mol. The van der Waals surface area contributed by atoms with Gasteiger partial charge in [0.25, 0.3) is 0 Å². The number of nitrogens with one attached hydrogen (secondary N) is 2. The van der Waals surface area contributed by atoms with Crippen LogP contribution in [0.3, 0.4) is 0 Å². The molecule has 0 spiro atoms. The molecule has 1 aliphatic heterocycles. The van der Waals surface area contributed by atoms with Gasteiger partial charge in [0.1, 0.15) is 0 Å². The summed E-state index contributed by atoms with van der Waals surface area (Å²) in [6.07, 6.45) is 0.980. The van der Waals surface area contributed by atoms with Gasteiger partial charge in [-0.25, -0.2) is 0 Å². The van der Waals surface area contributed by atoms with E-state index < -0.39 is 0 Å². The van der Waals surface area contributed by atoms with E-state index in [1.165, 1.54) is 5.56 Å². The molecule has 1 heterocycles. The van der Waals surface area contributed by atoms with Gasteiger partial charge < -0.3 is 15.5 Å². The second kappa shape index (κ2) is 6.79. The van der Waals surface area contributed by atoms with Crippen molar-refractivity contribution in [3.63, 3.8) is 0 Å². The van der Waals surface area contributed by atoms with Gasteiger partial charge in [-0.05, 0) is 51.0 Å². The van der Waals surface area contributed by atoms with E-state index in [-0.39, 0.29) is 11.4 Å². The fraction of sp³-hybridized carbons (Fsp3) is 0.562. The minimum Gasteiger partial charge on any atom is -0.362 e. The summed E-state index contributed by atoms with van der Waals surface area (Å²) in [5, 5.41) is 6.45. The van der Waals surface area contributed by atoms with E-state index in [9.17, 15) is 4.79 Å². The first-order chi connectivity index (χ1) is 9.85. The number of amides is 1. The van der Waals surface area contributed by atoms with E-state index in [0.717, 1.165) is 36.2 Å². The highest BCUT2D eigenvalue weighted by Gasteiger charge is 2.18. The second-order valence-electron chi connectivity index (χ2n) is 6.50. The van der Waals surface area contributed by atoms with E-state index in [1.54, 1.807) is 0 Å². The van der Waals surface area contributed by atoms with Crippen LogP contribution in [0.25, 0.3) is 0 Å². The minimum absolute atomic E-state index is 0.0652. The summed E-state index contributed by atoms with van der Waals surface area (Å²) in [6.45, 7) is 9.36. The summed E-state index contributed by atoms with van der Waals surface area (Å²) in [6, 6.07) is 6.28. The Morgan fingerprint density at radius 2 is 2.14 bits per heavy atom. The van der Waals surface area contributed by atoms with Crippen molar-refractivity contribution in [2.75, 3.05) is 24.5 Å². The van der Waals surface area contributed by atoms with Crippen LogP contribution in [0.2, 0.25) is 0 Å². The third-order valence-corrected chi connectivity index (χ3v) is 3.95. The van der Waals surface area contributed by atoms with Crippen molar-refractivity contribution < 1.29 is 4.79 Å². The molecule has 0 bridgehead atoms. The number of hydrogen-bond acceptors (Lipinski definition) is 3. The number of benzene rings is 1. The lowest BCUT2D eigenvalue weighted by Gasteiger charge is -2.27. The summed E-state index contributed by atoms with van der Waals surface area (Å²) in [7, 11) is 0. The average Bonchev–Trinajstić information content (AvgIpc) is 2.60. The SMILES string of the molecule is CC(C)(C)NCc1cc(Br)ccc1N1CCCNC(=O)C1. The summed E-state index contributed by atoms with van der Waals surface area (Å²) < 4.78 is 1.07. The maximum atomic E-state index is 11.8. The molecule has 1 amide bonds. The van der Waals surface area contributed by atoms with E-state index >= 15 is 0 Å². The predicted molar refractivity (Wildman–Crippen MR) is 90.6 cm³/mol. The fourth-order valence-electron chi connectivity index (χ4n) is 2.38. The molecule has 0 unspecified atom stereocenters. The molecule has 1 fully saturated rings. The molecule has 1 saturated heterocycles. The van der Waals surface area contributed by atoms with Crippen LogP contribution in [0.15, 0.2) is 22.7 Å². The summed E-state index contributed by atoms with van der Waals surface area (Å²) in [5.41, 5.74) is 2.43. The van der Waals surface area contributed by atoms with Crippen molar-refractivity contribution in [3.8, 4) is 0 Å². The first kappa shape index (κ1) is 16.3. The van der Waals surface area contributed by atoms with Crippen molar-refractivity contribution in [1.82, 2.24) is 10.6 Å². The first-order valence-corrected chi connectivity index (χ1v) is 8.19. The molecule has 1 aromatic carbocycles. The van der Waals surface area contributed by atoms with E-state index in [4.69, 9.17) is 0 Å². The van der Waals surface area contributed by atoms with Gasteiger partial charge in [0.05, 0.1) is 6.54 Å². The number of anilines is 1. The van der Waals surface area contributed by atoms with Gasteiger partial charge in [0.15, 0.2) is 0 Å². The van der Waals surface area contributed by atoms with Gasteiger partial charge in [-0.3, -0.25) is 4.79 Å². The van der Waals surface area contributed by atoms with Crippen LogP contribution in [-0.2, 0) is 11.3 Å². The Labute approximate surface area is 135 Å². The summed E-state index contributed by atoms with van der Waals surface area (Å²) in [4.78, 5) is 14.0. The molecule has 0 saturated carbocycles. The Kier molecular flexibility index (Phi) is 5.27. The highest BCUT2D eigenvalue weighted by molar-refractivity contribution is 9.10. The quantitative estimate of drug-likeness (QED) is 0.877. The van der Waals surface area contributed by atoms with E-state index in [2.05, 4.69) is 64.4 Å². The number of carbonyl (C=O) groups excluding carboxylic acids is 1. The molecule has 2 rings (SSSR count). The number of rotatable bonds is 3. The molecule has 2 N–H and O–H groups in total. The number of nitrogens with zero attached hydrogens (tertiary/aromatic N) is 1. The Bertz CT molecular complexity index is 511. The molecule has 0 aliphatic carbocycles. The highest BCUT2D eigenvalue weighted by Crippen LogP contribution is 2.26. The van der Waals surface area contributed by atoms with Gasteiger partial charge in [-0.2, -0.15) is 0 Å². The van der Waals surface area contributed by atoms with Crippen LogP contribution in [0.4, 0.5) is 5.69 Å². The Morgan fingerprint density at radius 1 is 1.38 bits per heavy atom. The molecular formula is C16H24BrN3O. The van der Waals surface area contributed by atoms with Crippen molar-refractivity contribution in [2.45, 2.75) is 39.3 Å². The molecule has 1 aromatic rings. The zero-order valence-electron chi connectivity index (χ0n) is 13.0. The zero-order chi connectivity index (χ0) is 15.5. The average molecular weight is 354 g/mol. The first-order valence-electron chi connectivity index (χ1n) is 7.40. The van der Waals surface area contributed by atoms with Gasteiger partial charge in [0.2, 0.25) is 5.91 Å². The minimum atomic E-state index is 0.0652. The van der Waals surface area contributed by atoms with Gasteiger partial charge in [-0.15, -0.1) is 0 Å². The zero-order valence-corrected chi connectivity index (χ0v) is 14.6. The van der Waals surface area contributed by atoms with Crippen LogP contribution >= 0.6 is 15.9 Å². The van der Waals surface area contributed by atoms with E-state index in [0.29, 0.717) is 6.54 Å². The van der Waals surface area contributed by atoms with Crippen molar-refractivity contribution in [2.24, 2.45) is 0 Å². The van der Waals surface area contributed by atoms with Crippen LogP contribution in [0, 0.1) is 0 Å². The monoisotopic (exact) mass is 353 g/mol. The lowest BCUT2D eigenvalue weighted by atomic mass is 10.1. The predicted octanol–water partition coefficient (Wildman–Crippen LogP) is 2.66. The number of halogens is 1. The van der Waals surface area contributed by atoms with Gasteiger partial charge >= 0.3 is 0 Å². The molecule has 1 aliphatic rings. The second-order valence-corrected chi connectivity index (χ2v) is 7.42. The van der Waals surface area contributed by atoms with E-state index in [1.807, 2.05) is 6.07 Å². The molecule has 0 aromatic heterocycles. The summed E-state index contributed by atoms with van der Waals surface area (Å²) in [5.74, 6) is 0.102. The Morgan fingerprint density at radius 3 is 2.86 bits per heavy atom. The van der Waals surface area contributed by atoms with Crippen molar-refractivity contribution >= 4 is 27.5 Å². The normalized spacial score (nSPS) is 16.6. The Hall–Kier alpha value is -1.07. The van der Waals surface area contributed by atoms with Crippen molar-refractivity contribution in [1.29, 1.82) is 0 Å². The van der Waals surface area contributed by atoms with Crippen LogP contribution < -0.4 is 15.5 Å². The standard InChI is InChI=1S/C16H24BrN3O/c1-16(2,3)19-10-12-9-13(17)5-6-14(12)20-8-4-7-18-15(21)11-20/h5-6,9,19H,4,7-8,10-11H2,1-3H3,(H,18,21).